The highest BCUT2D eigenvalue weighted by Gasteiger charge is 2.24. The van der Waals surface area contributed by atoms with Gasteiger partial charge in [0.05, 0.1) is 24.6 Å². The van der Waals surface area contributed by atoms with E-state index in [-0.39, 0.29) is 6.03 Å². The van der Waals surface area contributed by atoms with Crippen LogP contribution in [0.2, 0.25) is 0 Å². The summed E-state index contributed by atoms with van der Waals surface area (Å²) in [6.07, 6.45) is 1.63. The van der Waals surface area contributed by atoms with Gasteiger partial charge in [0.25, 0.3) is 0 Å². The standard InChI is InChI=1S/C20H19N3O2/c24-20(22-11-13-25-14-12-22)23-15-21-18(16-7-3-1-4-8-16)19(23)17-9-5-2-6-10-17/h1-10,15H,11-14H2. The summed E-state index contributed by atoms with van der Waals surface area (Å²) < 4.78 is 7.01. The van der Waals surface area contributed by atoms with Crippen LogP contribution in [0.25, 0.3) is 22.5 Å². The van der Waals surface area contributed by atoms with Crippen LogP contribution in [-0.4, -0.2) is 46.8 Å². The Balaban J connectivity index is 1.82. The number of carbonyl (C=O) groups is 1. The molecule has 1 aliphatic rings. The summed E-state index contributed by atoms with van der Waals surface area (Å²) in [6.45, 7) is 2.36. The van der Waals surface area contributed by atoms with Crippen LogP contribution in [0, 0.1) is 0 Å². The topological polar surface area (TPSA) is 47.4 Å². The molecule has 0 saturated carbocycles. The van der Waals surface area contributed by atoms with E-state index in [2.05, 4.69) is 4.98 Å². The van der Waals surface area contributed by atoms with Crippen LogP contribution in [-0.2, 0) is 4.74 Å². The van der Waals surface area contributed by atoms with Crippen LogP contribution < -0.4 is 0 Å². The molecule has 0 atom stereocenters. The maximum atomic E-state index is 13.0. The molecular formula is C20H19N3O2. The van der Waals surface area contributed by atoms with Gasteiger partial charge in [-0.3, -0.25) is 0 Å². The number of nitrogens with zero attached hydrogens (tertiary/aromatic N) is 3. The predicted molar refractivity (Wildman–Crippen MR) is 96.3 cm³/mol. The zero-order valence-corrected chi connectivity index (χ0v) is 13.8. The van der Waals surface area contributed by atoms with E-state index in [1.54, 1.807) is 10.9 Å². The first-order chi connectivity index (χ1) is 12.3. The van der Waals surface area contributed by atoms with Crippen LogP contribution in [0.4, 0.5) is 4.79 Å². The van der Waals surface area contributed by atoms with E-state index in [0.717, 1.165) is 22.5 Å². The molecule has 1 fully saturated rings. The molecule has 0 aliphatic carbocycles. The maximum absolute atomic E-state index is 13.0. The second-order valence-corrected chi connectivity index (χ2v) is 5.93. The van der Waals surface area contributed by atoms with Crippen LogP contribution in [0.1, 0.15) is 0 Å². The van der Waals surface area contributed by atoms with Crippen LogP contribution in [0.15, 0.2) is 67.0 Å². The lowest BCUT2D eigenvalue weighted by Crippen LogP contribution is -2.42. The van der Waals surface area contributed by atoms with Crippen molar-refractivity contribution in [3.05, 3.63) is 67.0 Å². The predicted octanol–water partition coefficient (Wildman–Crippen LogP) is 3.52. The van der Waals surface area contributed by atoms with Gasteiger partial charge >= 0.3 is 6.03 Å². The van der Waals surface area contributed by atoms with Crippen molar-refractivity contribution in [3.63, 3.8) is 0 Å². The third-order valence-electron chi connectivity index (χ3n) is 4.35. The number of hydrogen-bond acceptors (Lipinski definition) is 3. The van der Waals surface area contributed by atoms with Crippen molar-refractivity contribution in [1.29, 1.82) is 0 Å². The highest BCUT2D eigenvalue weighted by molar-refractivity contribution is 5.88. The Kier molecular flexibility index (Phi) is 4.31. The smallest absolute Gasteiger partial charge is 0.330 e. The van der Waals surface area contributed by atoms with Gasteiger partial charge in [0.1, 0.15) is 6.33 Å². The van der Waals surface area contributed by atoms with E-state index in [4.69, 9.17) is 4.74 Å². The number of aromatic nitrogens is 2. The Morgan fingerprint density at radius 2 is 1.48 bits per heavy atom. The van der Waals surface area contributed by atoms with E-state index in [0.29, 0.717) is 26.3 Å². The fourth-order valence-corrected chi connectivity index (χ4v) is 3.08. The highest BCUT2D eigenvalue weighted by Crippen LogP contribution is 2.31. The second kappa shape index (κ2) is 6.91. The molecule has 1 aromatic heterocycles. The minimum absolute atomic E-state index is 0.0585. The zero-order chi connectivity index (χ0) is 17.1. The van der Waals surface area contributed by atoms with Gasteiger partial charge in [-0.15, -0.1) is 0 Å². The van der Waals surface area contributed by atoms with Gasteiger partial charge in [-0.2, -0.15) is 0 Å². The molecule has 0 bridgehead atoms. The lowest BCUT2D eigenvalue weighted by molar-refractivity contribution is 0.0536. The fourth-order valence-electron chi connectivity index (χ4n) is 3.08. The molecule has 2 aromatic carbocycles. The van der Waals surface area contributed by atoms with Crippen molar-refractivity contribution in [3.8, 4) is 22.5 Å². The van der Waals surface area contributed by atoms with Gasteiger partial charge in [0, 0.05) is 24.2 Å². The first kappa shape index (κ1) is 15.6. The molecule has 4 rings (SSSR count). The fraction of sp³-hybridized carbons (Fsp3) is 0.200. The SMILES string of the molecule is O=C(N1CCOCC1)n1cnc(-c2ccccc2)c1-c1ccccc1. The Labute approximate surface area is 146 Å². The van der Waals surface area contributed by atoms with Crippen LogP contribution >= 0.6 is 0 Å². The number of rotatable bonds is 2. The van der Waals surface area contributed by atoms with E-state index in [9.17, 15) is 4.79 Å². The molecule has 5 heteroatoms. The number of morpholine rings is 1. The molecule has 3 aromatic rings. The molecule has 0 radical (unpaired) electrons. The number of ether oxygens (including phenoxy) is 1. The first-order valence-electron chi connectivity index (χ1n) is 8.40. The van der Waals surface area contributed by atoms with Crippen molar-refractivity contribution in [2.75, 3.05) is 26.3 Å². The Morgan fingerprint density at radius 1 is 0.880 bits per heavy atom. The lowest BCUT2D eigenvalue weighted by Gasteiger charge is -2.27. The molecule has 1 aliphatic heterocycles. The van der Waals surface area contributed by atoms with Crippen molar-refractivity contribution >= 4 is 6.03 Å². The van der Waals surface area contributed by atoms with Gasteiger partial charge in [-0.1, -0.05) is 60.7 Å². The Hall–Kier alpha value is -2.92. The van der Waals surface area contributed by atoms with Crippen LogP contribution in [0.5, 0.6) is 0 Å². The molecule has 0 spiro atoms. The number of amides is 1. The summed E-state index contributed by atoms with van der Waals surface area (Å²) in [7, 11) is 0. The minimum Gasteiger partial charge on any atom is -0.378 e. The molecule has 1 saturated heterocycles. The van der Waals surface area contributed by atoms with Gasteiger partial charge in [0.15, 0.2) is 0 Å². The summed E-state index contributed by atoms with van der Waals surface area (Å²) in [5.74, 6) is 0. The zero-order valence-electron chi connectivity index (χ0n) is 13.8. The molecule has 1 amide bonds. The van der Waals surface area contributed by atoms with E-state index in [1.165, 1.54) is 0 Å². The first-order valence-corrected chi connectivity index (χ1v) is 8.40. The maximum Gasteiger partial charge on any atom is 0.330 e. The van der Waals surface area contributed by atoms with Crippen molar-refractivity contribution in [1.82, 2.24) is 14.5 Å². The van der Waals surface area contributed by atoms with Gasteiger partial charge in [-0.25, -0.2) is 14.3 Å². The van der Waals surface area contributed by atoms with Crippen LogP contribution in [0.3, 0.4) is 0 Å². The van der Waals surface area contributed by atoms with Gasteiger partial charge in [0.2, 0.25) is 0 Å². The number of benzene rings is 2. The van der Waals surface area contributed by atoms with Crippen molar-refractivity contribution < 1.29 is 9.53 Å². The number of imidazole rings is 1. The van der Waals surface area contributed by atoms with Gasteiger partial charge in [-0.05, 0) is 0 Å². The lowest BCUT2D eigenvalue weighted by atomic mass is 10.0. The quantitative estimate of drug-likeness (QED) is 0.721. The average Bonchev–Trinajstić information content (AvgIpc) is 3.14. The van der Waals surface area contributed by atoms with E-state index in [1.807, 2.05) is 65.6 Å². The number of carbonyl (C=O) groups excluding carboxylic acids is 1. The average molecular weight is 333 g/mol. The largest absolute Gasteiger partial charge is 0.378 e. The highest BCUT2D eigenvalue weighted by atomic mass is 16.5. The third kappa shape index (κ3) is 3.06. The molecular weight excluding hydrogens is 314 g/mol. The molecule has 0 unspecified atom stereocenters. The molecule has 2 heterocycles. The van der Waals surface area contributed by atoms with Crippen molar-refractivity contribution in [2.24, 2.45) is 0 Å². The van der Waals surface area contributed by atoms with Gasteiger partial charge < -0.3 is 9.64 Å². The Bertz CT molecular complexity index is 853. The normalized spacial score (nSPS) is 14.5. The number of hydrogen-bond donors (Lipinski definition) is 0. The summed E-state index contributed by atoms with van der Waals surface area (Å²) in [6, 6.07) is 19.8. The van der Waals surface area contributed by atoms with E-state index >= 15 is 0 Å². The third-order valence-corrected chi connectivity index (χ3v) is 4.35. The monoisotopic (exact) mass is 333 g/mol. The molecule has 126 valence electrons. The molecule has 0 N–H and O–H groups in total. The second-order valence-electron chi connectivity index (χ2n) is 5.93. The van der Waals surface area contributed by atoms with E-state index < -0.39 is 0 Å². The minimum atomic E-state index is -0.0585. The summed E-state index contributed by atoms with van der Waals surface area (Å²) >= 11 is 0. The molecule has 5 nitrogen and oxygen atoms in total. The summed E-state index contributed by atoms with van der Waals surface area (Å²) in [4.78, 5) is 19.4. The summed E-state index contributed by atoms with van der Waals surface area (Å²) in [5, 5.41) is 0. The summed E-state index contributed by atoms with van der Waals surface area (Å²) in [5.41, 5.74) is 3.60. The van der Waals surface area contributed by atoms with Crippen molar-refractivity contribution in [2.45, 2.75) is 0 Å². The molecule has 25 heavy (non-hydrogen) atoms. The Morgan fingerprint density at radius 3 is 2.12 bits per heavy atom.